The Kier molecular flexibility index (Phi) is 5.44. The fraction of sp³-hybridized carbons (Fsp3) is 0.158. The van der Waals surface area contributed by atoms with Crippen LogP contribution in [0, 0.1) is 22.7 Å². The highest BCUT2D eigenvalue weighted by molar-refractivity contribution is 6.42. The molecule has 0 N–H and O–H groups in total. The SMILES string of the molecule is COc1ccc(C(C#N)C(=O)C(=O)C(C#N)c2ccccc2)cc1. The first-order valence-electron chi connectivity index (χ1n) is 7.18. The molecule has 2 aromatic carbocycles. The molecule has 0 heterocycles. The zero-order chi connectivity index (χ0) is 17.5. The van der Waals surface area contributed by atoms with E-state index in [9.17, 15) is 20.1 Å². The summed E-state index contributed by atoms with van der Waals surface area (Å²) in [7, 11) is 1.50. The number of benzene rings is 2. The van der Waals surface area contributed by atoms with Gasteiger partial charge in [0.25, 0.3) is 0 Å². The van der Waals surface area contributed by atoms with E-state index in [1.807, 2.05) is 12.1 Å². The molecule has 0 spiro atoms. The van der Waals surface area contributed by atoms with E-state index in [1.54, 1.807) is 54.6 Å². The minimum Gasteiger partial charge on any atom is -0.497 e. The van der Waals surface area contributed by atoms with E-state index in [1.165, 1.54) is 7.11 Å². The normalized spacial score (nSPS) is 12.3. The van der Waals surface area contributed by atoms with Gasteiger partial charge in [0.15, 0.2) is 0 Å². The van der Waals surface area contributed by atoms with Crippen molar-refractivity contribution in [2.24, 2.45) is 0 Å². The minimum absolute atomic E-state index is 0.390. The summed E-state index contributed by atoms with van der Waals surface area (Å²) in [5, 5.41) is 18.6. The number of hydrogen-bond donors (Lipinski definition) is 0. The highest BCUT2D eigenvalue weighted by Crippen LogP contribution is 2.24. The van der Waals surface area contributed by atoms with Gasteiger partial charge in [0.05, 0.1) is 19.2 Å². The molecule has 24 heavy (non-hydrogen) atoms. The first-order chi connectivity index (χ1) is 11.6. The first kappa shape index (κ1) is 16.9. The number of nitriles is 2. The molecule has 0 saturated carbocycles. The standard InChI is InChI=1S/C19H14N2O3/c1-24-15-9-7-14(8-10-15)17(12-21)19(23)18(22)16(11-20)13-5-3-2-4-6-13/h2-10,16-17H,1H3. The van der Waals surface area contributed by atoms with E-state index in [0.717, 1.165) is 0 Å². The van der Waals surface area contributed by atoms with Crippen LogP contribution in [-0.4, -0.2) is 18.7 Å². The fourth-order valence-corrected chi connectivity index (χ4v) is 2.30. The van der Waals surface area contributed by atoms with Crippen LogP contribution in [-0.2, 0) is 9.59 Å². The Balaban J connectivity index is 2.28. The van der Waals surface area contributed by atoms with Crippen LogP contribution in [0.2, 0.25) is 0 Å². The molecule has 0 radical (unpaired) electrons. The summed E-state index contributed by atoms with van der Waals surface area (Å²) in [4.78, 5) is 24.9. The highest BCUT2D eigenvalue weighted by atomic mass is 16.5. The van der Waals surface area contributed by atoms with Gasteiger partial charge in [0.2, 0.25) is 11.6 Å². The molecule has 0 aliphatic rings. The summed E-state index contributed by atoms with van der Waals surface area (Å²) >= 11 is 0. The average Bonchev–Trinajstić information content (AvgIpc) is 2.64. The third-order valence-electron chi connectivity index (χ3n) is 3.61. The molecule has 0 fully saturated rings. The van der Waals surface area contributed by atoms with Crippen LogP contribution < -0.4 is 4.74 Å². The number of Topliss-reactive ketones (excluding diaryl/α,β-unsaturated/α-hetero) is 2. The van der Waals surface area contributed by atoms with Crippen molar-refractivity contribution in [2.45, 2.75) is 11.8 Å². The molecule has 0 aliphatic carbocycles. The van der Waals surface area contributed by atoms with Gasteiger partial charge in [-0.15, -0.1) is 0 Å². The number of hydrogen-bond acceptors (Lipinski definition) is 5. The van der Waals surface area contributed by atoms with E-state index in [2.05, 4.69) is 0 Å². The maximum atomic E-state index is 12.4. The van der Waals surface area contributed by atoms with Gasteiger partial charge >= 0.3 is 0 Å². The fourth-order valence-electron chi connectivity index (χ4n) is 2.30. The molecular formula is C19H14N2O3. The lowest BCUT2D eigenvalue weighted by atomic mass is 9.86. The van der Waals surface area contributed by atoms with E-state index in [4.69, 9.17) is 4.74 Å². The first-order valence-corrected chi connectivity index (χ1v) is 7.18. The molecule has 5 heteroatoms. The lowest BCUT2D eigenvalue weighted by Crippen LogP contribution is -2.26. The van der Waals surface area contributed by atoms with Gasteiger partial charge in [-0.25, -0.2) is 0 Å². The van der Waals surface area contributed by atoms with Gasteiger partial charge in [-0.05, 0) is 23.3 Å². The summed E-state index contributed by atoms with van der Waals surface area (Å²) < 4.78 is 5.03. The molecule has 0 aliphatic heterocycles. The molecule has 5 nitrogen and oxygen atoms in total. The van der Waals surface area contributed by atoms with Gasteiger partial charge in [-0.3, -0.25) is 9.59 Å². The van der Waals surface area contributed by atoms with Gasteiger partial charge in [-0.2, -0.15) is 10.5 Å². The minimum atomic E-state index is -1.25. The summed E-state index contributed by atoms with van der Waals surface area (Å²) in [6.07, 6.45) is 0. The molecule has 2 unspecified atom stereocenters. The van der Waals surface area contributed by atoms with Crippen LogP contribution in [0.4, 0.5) is 0 Å². The number of carbonyl (C=O) groups is 2. The Morgan fingerprint density at radius 2 is 1.29 bits per heavy atom. The Morgan fingerprint density at radius 3 is 1.71 bits per heavy atom. The number of methoxy groups -OCH3 is 1. The lowest BCUT2D eigenvalue weighted by Gasteiger charge is -2.12. The molecule has 2 atom stereocenters. The third kappa shape index (κ3) is 3.48. The van der Waals surface area contributed by atoms with Crippen LogP contribution in [0.25, 0.3) is 0 Å². The van der Waals surface area contributed by atoms with Crippen LogP contribution in [0.1, 0.15) is 23.0 Å². The molecule has 0 bridgehead atoms. The highest BCUT2D eigenvalue weighted by Gasteiger charge is 2.33. The quantitative estimate of drug-likeness (QED) is 0.764. The van der Waals surface area contributed by atoms with Crippen molar-refractivity contribution in [2.75, 3.05) is 7.11 Å². The van der Waals surface area contributed by atoms with Crippen molar-refractivity contribution < 1.29 is 14.3 Å². The number of nitrogens with zero attached hydrogens (tertiary/aromatic N) is 2. The van der Waals surface area contributed by atoms with E-state index >= 15 is 0 Å². The van der Waals surface area contributed by atoms with Gasteiger partial charge < -0.3 is 4.74 Å². The number of ketones is 2. The Hall–Kier alpha value is -3.44. The maximum absolute atomic E-state index is 12.4. The van der Waals surface area contributed by atoms with Gasteiger partial charge in [-0.1, -0.05) is 42.5 Å². The monoisotopic (exact) mass is 318 g/mol. The van der Waals surface area contributed by atoms with Crippen molar-refractivity contribution in [3.8, 4) is 17.9 Å². The Morgan fingerprint density at radius 1 is 0.833 bits per heavy atom. The third-order valence-corrected chi connectivity index (χ3v) is 3.61. The lowest BCUT2D eigenvalue weighted by molar-refractivity contribution is -0.137. The zero-order valence-corrected chi connectivity index (χ0v) is 13.0. The zero-order valence-electron chi connectivity index (χ0n) is 13.0. The van der Waals surface area contributed by atoms with Crippen molar-refractivity contribution in [3.05, 3.63) is 65.7 Å². The molecule has 0 saturated heterocycles. The molecule has 118 valence electrons. The summed E-state index contributed by atoms with van der Waals surface area (Å²) in [6, 6.07) is 18.4. The van der Waals surface area contributed by atoms with Gasteiger partial charge in [0, 0.05) is 0 Å². The second-order valence-corrected chi connectivity index (χ2v) is 5.04. The van der Waals surface area contributed by atoms with Crippen LogP contribution in [0.3, 0.4) is 0 Å². The maximum Gasteiger partial charge on any atom is 0.221 e. The molecule has 2 rings (SSSR count). The van der Waals surface area contributed by atoms with E-state index in [0.29, 0.717) is 16.9 Å². The Labute approximate surface area is 139 Å². The van der Waals surface area contributed by atoms with E-state index < -0.39 is 23.4 Å². The average molecular weight is 318 g/mol. The van der Waals surface area contributed by atoms with E-state index in [-0.39, 0.29) is 0 Å². The topological polar surface area (TPSA) is 90.9 Å². The molecule has 2 aromatic rings. The molecule has 0 amide bonds. The van der Waals surface area contributed by atoms with Crippen molar-refractivity contribution in [3.63, 3.8) is 0 Å². The predicted octanol–water partition coefficient (Wildman–Crippen LogP) is 2.75. The predicted molar refractivity (Wildman–Crippen MR) is 86.2 cm³/mol. The molecule has 0 aromatic heterocycles. The summed E-state index contributed by atoms with van der Waals surface area (Å²) in [6.45, 7) is 0. The molecular weight excluding hydrogens is 304 g/mol. The smallest absolute Gasteiger partial charge is 0.221 e. The van der Waals surface area contributed by atoms with Gasteiger partial charge in [0.1, 0.15) is 17.6 Å². The van der Waals surface area contributed by atoms with Crippen LogP contribution >= 0.6 is 0 Å². The number of rotatable bonds is 6. The van der Waals surface area contributed by atoms with Crippen LogP contribution in [0.15, 0.2) is 54.6 Å². The van der Waals surface area contributed by atoms with Crippen LogP contribution in [0.5, 0.6) is 5.75 Å². The number of carbonyl (C=O) groups excluding carboxylic acids is 2. The number of ether oxygens (including phenoxy) is 1. The van der Waals surface area contributed by atoms with Crippen molar-refractivity contribution in [1.82, 2.24) is 0 Å². The second-order valence-electron chi connectivity index (χ2n) is 5.04. The summed E-state index contributed by atoms with van der Waals surface area (Å²) in [5.41, 5.74) is 0.825. The Bertz CT molecular complexity index is 814. The second kappa shape index (κ2) is 7.71. The van der Waals surface area contributed by atoms with Crippen molar-refractivity contribution in [1.29, 1.82) is 10.5 Å². The largest absolute Gasteiger partial charge is 0.497 e. The van der Waals surface area contributed by atoms with Crippen molar-refractivity contribution >= 4 is 11.6 Å². The summed E-state index contributed by atoms with van der Waals surface area (Å²) in [5.74, 6) is -3.66.